The van der Waals surface area contributed by atoms with Crippen LogP contribution in [0.1, 0.15) is 24.4 Å². The Morgan fingerprint density at radius 3 is 2.15 bits per heavy atom. The van der Waals surface area contributed by atoms with Gasteiger partial charge in [-0.1, -0.05) is 12.1 Å². The van der Waals surface area contributed by atoms with Crippen molar-refractivity contribution in [3.63, 3.8) is 0 Å². The van der Waals surface area contributed by atoms with E-state index in [2.05, 4.69) is 29.4 Å². The van der Waals surface area contributed by atoms with Gasteiger partial charge in [-0.2, -0.15) is 0 Å². The largest absolute Gasteiger partial charge is 0.497 e. The first-order chi connectivity index (χ1) is 15.7. The lowest BCUT2D eigenvalue weighted by Gasteiger charge is -2.27. The van der Waals surface area contributed by atoms with E-state index in [-0.39, 0.29) is 24.1 Å². The Morgan fingerprint density at radius 2 is 1.61 bits per heavy atom. The number of Topliss-reactive ketones (excluding diaryl/α,β-unsaturated/α-hetero) is 1. The van der Waals surface area contributed by atoms with Crippen molar-refractivity contribution in [3.05, 3.63) is 54.1 Å². The van der Waals surface area contributed by atoms with E-state index in [0.29, 0.717) is 42.9 Å². The SMILES string of the molecule is COc1ccc(C(NC(=O)CN2CCC(=O)CC2)C(=O)Nc2ccc(S(C)(C)C)cc2)cc1. The molecule has 1 unspecified atom stereocenters. The van der Waals surface area contributed by atoms with Crippen LogP contribution in [0, 0.1) is 0 Å². The van der Waals surface area contributed by atoms with Crippen molar-refractivity contribution in [1.29, 1.82) is 0 Å². The van der Waals surface area contributed by atoms with E-state index < -0.39 is 16.1 Å². The van der Waals surface area contributed by atoms with E-state index in [1.807, 2.05) is 29.2 Å². The number of piperidine rings is 1. The van der Waals surface area contributed by atoms with Crippen molar-refractivity contribution in [2.45, 2.75) is 23.8 Å². The third kappa shape index (κ3) is 7.07. The number of hydrogen-bond acceptors (Lipinski definition) is 5. The average molecular weight is 472 g/mol. The molecule has 3 rings (SSSR count). The maximum atomic E-state index is 13.2. The average Bonchev–Trinajstić information content (AvgIpc) is 2.79. The summed E-state index contributed by atoms with van der Waals surface area (Å²) in [5, 5.41) is 5.80. The summed E-state index contributed by atoms with van der Waals surface area (Å²) < 4.78 is 5.21. The number of hydrogen-bond donors (Lipinski definition) is 2. The molecule has 0 radical (unpaired) electrons. The number of anilines is 1. The Balaban J connectivity index is 1.73. The minimum Gasteiger partial charge on any atom is -0.497 e. The fourth-order valence-corrected chi connectivity index (χ4v) is 4.58. The molecule has 8 heteroatoms. The highest BCUT2D eigenvalue weighted by Gasteiger charge is 2.25. The Bertz CT molecular complexity index is 974. The third-order valence-corrected chi connectivity index (χ3v) is 7.31. The summed E-state index contributed by atoms with van der Waals surface area (Å²) in [7, 11) is 0.722. The molecule has 1 aliphatic rings. The fourth-order valence-electron chi connectivity index (χ4n) is 3.63. The van der Waals surface area contributed by atoms with Crippen LogP contribution < -0.4 is 15.4 Å². The second kappa shape index (κ2) is 10.9. The van der Waals surface area contributed by atoms with Gasteiger partial charge in [-0.25, -0.2) is 10.0 Å². The van der Waals surface area contributed by atoms with E-state index in [9.17, 15) is 14.4 Å². The van der Waals surface area contributed by atoms with Gasteiger partial charge < -0.3 is 15.4 Å². The van der Waals surface area contributed by atoms with E-state index in [1.54, 1.807) is 31.4 Å². The van der Waals surface area contributed by atoms with E-state index in [4.69, 9.17) is 4.74 Å². The normalized spacial score (nSPS) is 16.1. The zero-order chi connectivity index (χ0) is 24.0. The molecule has 1 heterocycles. The van der Waals surface area contributed by atoms with E-state index >= 15 is 0 Å². The maximum absolute atomic E-state index is 13.2. The lowest BCUT2D eigenvalue weighted by Crippen LogP contribution is -2.44. The molecule has 178 valence electrons. The molecule has 1 aliphatic heterocycles. The minimum absolute atomic E-state index is 0.149. The van der Waals surface area contributed by atoms with Crippen LogP contribution in [-0.2, 0) is 14.4 Å². The summed E-state index contributed by atoms with van der Waals surface area (Å²) in [6.45, 7) is 1.28. The van der Waals surface area contributed by atoms with Crippen LogP contribution in [-0.4, -0.2) is 68.0 Å². The number of benzene rings is 2. The van der Waals surface area contributed by atoms with Crippen LogP contribution in [0.2, 0.25) is 0 Å². The smallest absolute Gasteiger partial charge is 0.251 e. The van der Waals surface area contributed by atoms with Crippen LogP contribution in [0.4, 0.5) is 5.69 Å². The van der Waals surface area contributed by atoms with Gasteiger partial charge in [-0.3, -0.25) is 19.3 Å². The number of nitrogens with one attached hydrogen (secondary N) is 2. The van der Waals surface area contributed by atoms with Crippen molar-refractivity contribution in [1.82, 2.24) is 10.2 Å². The van der Waals surface area contributed by atoms with Gasteiger partial charge in [0.05, 0.1) is 13.7 Å². The van der Waals surface area contributed by atoms with Gasteiger partial charge in [0.2, 0.25) is 5.91 Å². The Labute approximate surface area is 197 Å². The van der Waals surface area contributed by atoms with Crippen molar-refractivity contribution >= 4 is 33.3 Å². The standard InChI is InChI=1S/C25H33N3O4S/c1-32-21-9-5-18(6-10-21)24(27-23(30)17-28-15-13-20(29)14-16-28)25(31)26-19-7-11-22(12-8-19)33(2,3)4/h5-12,24H,13-17H2,1-4H3,(H,26,31)(H,27,30). The van der Waals surface area contributed by atoms with Gasteiger partial charge in [0.15, 0.2) is 0 Å². The third-order valence-electron chi connectivity index (χ3n) is 5.63. The first-order valence-corrected chi connectivity index (χ1v) is 13.8. The molecule has 1 atom stereocenters. The molecular weight excluding hydrogens is 438 g/mol. The van der Waals surface area contributed by atoms with E-state index in [0.717, 1.165) is 0 Å². The van der Waals surface area contributed by atoms with Gasteiger partial charge in [0, 0.05) is 31.6 Å². The number of ether oxygens (including phenoxy) is 1. The van der Waals surface area contributed by atoms with Crippen LogP contribution in [0.15, 0.2) is 53.4 Å². The summed E-state index contributed by atoms with van der Waals surface area (Å²) in [6.07, 6.45) is 7.57. The first kappa shape index (κ1) is 24.8. The van der Waals surface area contributed by atoms with Crippen LogP contribution in [0.3, 0.4) is 0 Å². The predicted molar refractivity (Wildman–Crippen MR) is 133 cm³/mol. The zero-order valence-corrected chi connectivity index (χ0v) is 20.5. The summed E-state index contributed by atoms with van der Waals surface area (Å²) in [4.78, 5) is 40.6. The maximum Gasteiger partial charge on any atom is 0.251 e. The second-order valence-electron chi connectivity index (χ2n) is 8.94. The number of nitrogens with zero attached hydrogens (tertiary/aromatic N) is 1. The molecule has 1 fully saturated rings. The summed E-state index contributed by atoms with van der Waals surface area (Å²) in [5.74, 6) is 0.314. The van der Waals surface area contributed by atoms with Gasteiger partial charge in [-0.15, -0.1) is 0 Å². The lowest BCUT2D eigenvalue weighted by molar-refractivity contribution is -0.128. The number of likely N-dealkylation sites (tertiary alicyclic amines) is 1. The van der Waals surface area contributed by atoms with Crippen LogP contribution in [0.25, 0.3) is 0 Å². The molecule has 2 aromatic rings. The highest BCUT2D eigenvalue weighted by molar-refractivity contribution is 8.32. The summed E-state index contributed by atoms with van der Waals surface area (Å²) in [5.41, 5.74) is 1.33. The predicted octanol–water partition coefficient (Wildman–Crippen LogP) is 3.21. The molecule has 1 saturated heterocycles. The Hall–Kier alpha value is -2.84. The number of amides is 2. The lowest BCUT2D eigenvalue weighted by atomic mass is 10.1. The molecule has 0 saturated carbocycles. The molecule has 2 N–H and O–H groups in total. The minimum atomic E-state index is -0.859. The molecule has 2 aromatic carbocycles. The Morgan fingerprint density at radius 1 is 1.00 bits per heavy atom. The quantitative estimate of drug-likeness (QED) is 0.617. The van der Waals surface area contributed by atoms with Crippen molar-refractivity contribution in [2.75, 3.05) is 50.8 Å². The molecule has 2 amide bonds. The van der Waals surface area contributed by atoms with Gasteiger partial charge >= 0.3 is 0 Å². The fraction of sp³-hybridized carbons (Fsp3) is 0.400. The van der Waals surface area contributed by atoms with Crippen LogP contribution in [0.5, 0.6) is 5.75 Å². The molecule has 0 aliphatic carbocycles. The van der Waals surface area contributed by atoms with E-state index in [1.165, 1.54) is 4.90 Å². The van der Waals surface area contributed by atoms with Gasteiger partial charge in [-0.05, 0) is 65.6 Å². The topological polar surface area (TPSA) is 87.7 Å². The number of rotatable bonds is 8. The monoisotopic (exact) mass is 471 g/mol. The molecular formula is C25H33N3O4S. The van der Waals surface area contributed by atoms with Crippen molar-refractivity contribution in [2.24, 2.45) is 0 Å². The van der Waals surface area contributed by atoms with Crippen molar-refractivity contribution < 1.29 is 19.1 Å². The van der Waals surface area contributed by atoms with Gasteiger partial charge in [0.25, 0.3) is 5.91 Å². The molecule has 0 bridgehead atoms. The molecule has 0 aromatic heterocycles. The highest BCUT2D eigenvalue weighted by atomic mass is 32.3. The summed E-state index contributed by atoms with van der Waals surface area (Å²) >= 11 is 0. The second-order valence-corrected chi connectivity index (χ2v) is 13.1. The molecule has 7 nitrogen and oxygen atoms in total. The highest BCUT2D eigenvalue weighted by Crippen LogP contribution is 2.45. The summed E-state index contributed by atoms with van der Waals surface area (Å²) in [6, 6.07) is 14.1. The number of carbonyl (C=O) groups excluding carboxylic acids is 3. The molecule has 0 spiro atoms. The van der Waals surface area contributed by atoms with Crippen LogP contribution >= 0.6 is 10.0 Å². The van der Waals surface area contributed by atoms with Gasteiger partial charge in [0.1, 0.15) is 17.6 Å². The number of carbonyl (C=O) groups is 3. The number of methoxy groups -OCH3 is 1. The van der Waals surface area contributed by atoms with Crippen molar-refractivity contribution in [3.8, 4) is 5.75 Å². The zero-order valence-electron chi connectivity index (χ0n) is 19.7. The molecule has 33 heavy (non-hydrogen) atoms. The first-order valence-electron chi connectivity index (χ1n) is 10.9. The number of ketones is 1. The Kier molecular flexibility index (Phi) is 8.15.